The summed E-state index contributed by atoms with van der Waals surface area (Å²) < 4.78 is 36.2. The maximum atomic E-state index is 12.8. The Morgan fingerprint density at radius 1 is 0.941 bits per heavy atom. The first kappa shape index (κ1) is 24.8. The summed E-state index contributed by atoms with van der Waals surface area (Å²) in [4.78, 5) is 12.1. The second-order valence-electron chi connectivity index (χ2n) is 7.73. The highest BCUT2D eigenvalue weighted by Crippen LogP contribution is 2.31. The second kappa shape index (κ2) is 10.8. The predicted molar refractivity (Wildman–Crippen MR) is 132 cm³/mol. The number of hydrogen-bond donors (Lipinski definition) is 2. The molecule has 3 aromatic carbocycles. The van der Waals surface area contributed by atoms with Crippen molar-refractivity contribution in [3.8, 4) is 11.5 Å². The Morgan fingerprint density at radius 3 is 2.35 bits per heavy atom. The van der Waals surface area contributed by atoms with Crippen molar-refractivity contribution in [2.45, 2.75) is 25.7 Å². The number of hydrogen-bond acceptors (Lipinski definition) is 7. The largest absolute Gasteiger partial charge is 0.493 e. The second-order valence-corrected chi connectivity index (χ2v) is 9.24. The van der Waals surface area contributed by atoms with E-state index in [2.05, 4.69) is 15.8 Å². The Labute approximate surface area is 199 Å². The van der Waals surface area contributed by atoms with E-state index in [-0.39, 0.29) is 28.8 Å². The number of anilines is 1. The molecule has 0 saturated carbocycles. The lowest BCUT2D eigenvalue weighted by Crippen LogP contribution is -2.25. The van der Waals surface area contributed by atoms with Gasteiger partial charge in [0, 0.05) is 5.69 Å². The van der Waals surface area contributed by atoms with Crippen molar-refractivity contribution in [2.75, 3.05) is 19.0 Å². The average molecular weight is 482 g/mol. The average Bonchev–Trinajstić information content (AvgIpc) is 2.81. The molecule has 0 fully saturated rings. The third kappa shape index (κ3) is 6.58. The number of rotatable bonds is 9. The lowest BCUT2D eigenvalue weighted by atomic mass is 10.2. The number of amides is 1. The van der Waals surface area contributed by atoms with Crippen LogP contribution in [0.3, 0.4) is 0 Å². The number of aryl methyl sites for hydroxylation is 3. The molecule has 178 valence electrons. The first-order valence-corrected chi connectivity index (χ1v) is 11.9. The molecule has 0 spiro atoms. The summed E-state index contributed by atoms with van der Waals surface area (Å²) in [6.45, 7) is 5.57. The minimum atomic E-state index is -4.05. The van der Waals surface area contributed by atoms with Crippen molar-refractivity contribution in [1.82, 2.24) is 5.43 Å². The molecule has 34 heavy (non-hydrogen) atoms. The molecule has 0 bridgehead atoms. The predicted octanol–water partition coefficient (Wildman–Crippen LogP) is 3.95. The molecule has 0 aromatic heterocycles. The molecule has 3 aromatic rings. The van der Waals surface area contributed by atoms with Gasteiger partial charge in [-0.3, -0.25) is 4.79 Å². The SMILES string of the molecule is COc1cc(/C=N/NC(=O)CNc2ccc(C)cc2)ccc1OS(=O)(=O)c1cc(C)ccc1C. The van der Waals surface area contributed by atoms with Crippen LogP contribution in [0.5, 0.6) is 11.5 Å². The molecule has 9 heteroatoms. The van der Waals surface area contributed by atoms with Gasteiger partial charge in [-0.15, -0.1) is 0 Å². The van der Waals surface area contributed by atoms with E-state index in [0.29, 0.717) is 11.1 Å². The van der Waals surface area contributed by atoms with Crippen LogP contribution in [-0.2, 0) is 14.9 Å². The number of hydrazone groups is 1. The quantitative estimate of drug-likeness (QED) is 0.272. The third-order valence-electron chi connectivity index (χ3n) is 4.91. The number of carbonyl (C=O) groups is 1. The van der Waals surface area contributed by atoms with Gasteiger partial charge in [-0.25, -0.2) is 5.43 Å². The molecular formula is C25H27N3O5S. The van der Waals surface area contributed by atoms with Crippen LogP contribution in [0.4, 0.5) is 5.69 Å². The van der Waals surface area contributed by atoms with E-state index < -0.39 is 10.1 Å². The molecule has 0 aliphatic carbocycles. The number of methoxy groups -OCH3 is 1. The molecule has 0 aliphatic rings. The van der Waals surface area contributed by atoms with Crippen LogP contribution in [-0.4, -0.2) is 34.2 Å². The van der Waals surface area contributed by atoms with Gasteiger partial charge in [0.15, 0.2) is 11.5 Å². The number of ether oxygens (including phenoxy) is 1. The molecule has 0 radical (unpaired) electrons. The maximum Gasteiger partial charge on any atom is 0.339 e. The van der Waals surface area contributed by atoms with Gasteiger partial charge in [-0.1, -0.05) is 29.8 Å². The van der Waals surface area contributed by atoms with Crippen LogP contribution >= 0.6 is 0 Å². The number of benzene rings is 3. The Bertz CT molecular complexity index is 1300. The van der Waals surface area contributed by atoms with Crippen LogP contribution in [0.25, 0.3) is 0 Å². The highest BCUT2D eigenvalue weighted by Gasteiger charge is 2.21. The minimum Gasteiger partial charge on any atom is -0.493 e. The zero-order valence-corrected chi connectivity index (χ0v) is 20.3. The molecule has 2 N–H and O–H groups in total. The molecule has 0 atom stereocenters. The zero-order valence-electron chi connectivity index (χ0n) is 19.5. The Morgan fingerprint density at radius 2 is 1.65 bits per heavy atom. The highest BCUT2D eigenvalue weighted by molar-refractivity contribution is 7.87. The van der Waals surface area contributed by atoms with E-state index in [0.717, 1.165) is 16.8 Å². The summed E-state index contributed by atoms with van der Waals surface area (Å²) in [6, 6.07) is 17.5. The van der Waals surface area contributed by atoms with Gasteiger partial charge in [0.1, 0.15) is 4.90 Å². The molecule has 8 nitrogen and oxygen atoms in total. The highest BCUT2D eigenvalue weighted by atomic mass is 32.2. The lowest BCUT2D eigenvalue weighted by molar-refractivity contribution is -0.119. The van der Waals surface area contributed by atoms with Gasteiger partial charge in [-0.05, 0) is 73.9 Å². The summed E-state index contributed by atoms with van der Waals surface area (Å²) in [6.07, 6.45) is 1.43. The fourth-order valence-corrected chi connectivity index (χ4v) is 4.30. The fourth-order valence-electron chi connectivity index (χ4n) is 3.05. The van der Waals surface area contributed by atoms with Crippen LogP contribution in [0, 0.1) is 20.8 Å². The normalized spacial score (nSPS) is 11.3. The van der Waals surface area contributed by atoms with Gasteiger partial charge >= 0.3 is 10.1 Å². The fraction of sp³-hybridized carbons (Fsp3) is 0.200. The summed E-state index contributed by atoms with van der Waals surface area (Å²) >= 11 is 0. The van der Waals surface area contributed by atoms with E-state index in [1.165, 1.54) is 19.4 Å². The monoisotopic (exact) mass is 481 g/mol. The van der Waals surface area contributed by atoms with Crippen LogP contribution in [0.2, 0.25) is 0 Å². The summed E-state index contributed by atoms with van der Waals surface area (Å²) in [7, 11) is -2.64. The van der Waals surface area contributed by atoms with E-state index in [1.807, 2.05) is 44.2 Å². The van der Waals surface area contributed by atoms with Gasteiger partial charge in [0.05, 0.1) is 19.9 Å². The molecule has 0 aliphatic heterocycles. The molecule has 1 amide bonds. The lowest BCUT2D eigenvalue weighted by Gasteiger charge is -2.13. The third-order valence-corrected chi connectivity index (χ3v) is 6.29. The van der Waals surface area contributed by atoms with Gasteiger partial charge in [-0.2, -0.15) is 13.5 Å². The number of carbonyl (C=O) groups excluding carboxylic acids is 1. The first-order valence-electron chi connectivity index (χ1n) is 10.5. The Balaban J connectivity index is 1.64. The molecule has 3 rings (SSSR count). The standard InChI is InChI=1S/C25H27N3O5S/c1-17-6-10-21(11-7-17)26-16-25(29)28-27-15-20-9-12-22(23(14-20)32-4)33-34(30,31)24-13-18(2)5-8-19(24)3/h5-15,26H,16H2,1-4H3,(H,28,29)/b27-15+. The Hall–Kier alpha value is -3.85. The van der Waals surface area contributed by atoms with Crippen molar-refractivity contribution >= 4 is 27.9 Å². The smallest absolute Gasteiger partial charge is 0.339 e. The first-order chi connectivity index (χ1) is 16.2. The summed E-state index contributed by atoms with van der Waals surface area (Å²) in [5.74, 6) is -0.0551. The van der Waals surface area contributed by atoms with Crippen molar-refractivity contribution in [3.63, 3.8) is 0 Å². The van der Waals surface area contributed by atoms with Crippen molar-refractivity contribution < 1.29 is 22.1 Å². The Kier molecular flexibility index (Phi) is 7.91. The van der Waals surface area contributed by atoms with Crippen molar-refractivity contribution in [3.05, 3.63) is 82.9 Å². The minimum absolute atomic E-state index is 0.0480. The van der Waals surface area contributed by atoms with E-state index in [1.54, 1.807) is 31.2 Å². The van der Waals surface area contributed by atoms with E-state index in [9.17, 15) is 13.2 Å². The van der Waals surface area contributed by atoms with Crippen LogP contribution in [0.15, 0.2) is 70.7 Å². The topological polar surface area (TPSA) is 106 Å². The molecule has 0 saturated heterocycles. The van der Waals surface area contributed by atoms with E-state index >= 15 is 0 Å². The van der Waals surface area contributed by atoms with Crippen molar-refractivity contribution in [1.29, 1.82) is 0 Å². The molecular weight excluding hydrogens is 454 g/mol. The summed E-state index contributed by atoms with van der Waals surface area (Å²) in [5, 5.41) is 6.95. The number of nitrogens with one attached hydrogen (secondary N) is 2. The van der Waals surface area contributed by atoms with Gasteiger partial charge in [0.25, 0.3) is 5.91 Å². The zero-order chi connectivity index (χ0) is 24.7. The van der Waals surface area contributed by atoms with E-state index in [4.69, 9.17) is 8.92 Å². The van der Waals surface area contributed by atoms with Crippen LogP contribution in [0.1, 0.15) is 22.3 Å². The number of nitrogens with zero attached hydrogens (tertiary/aromatic N) is 1. The maximum absolute atomic E-state index is 12.8. The van der Waals surface area contributed by atoms with Gasteiger partial charge < -0.3 is 14.2 Å². The van der Waals surface area contributed by atoms with Gasteiger partial charge in [0.2, 0.25) is 0 Å². The summed E-state index contributed by atoms with van der Waals surface area (Å²) in [5.41, 5.74) is 6.38. The molecule has 0 heterocycles. The van der Waals surface area contributed by atoms with Crippen molar-refractivity contribution in [2.24, 2.45) is 5.10 Å². The van der Waals surface area contributed by atoms with Crippen LogP contribution < -0.4 is 19.7 Å². The molecule has 0 unspecified atom stereocenters.